The van der Waals surface area contributed by atoms with Crippen molar-refractivity contribution in [2.75, 3.05) is 19.6 Å². The van der Waals surface area contributed by atoms with Crippen LogP contribution in [0.25, 0.3) is 0 Å². The standard InChI is InChI=1S/C24H38N4O/c1-17-21(14-25-26(17)2)24(29)27-15-19-13-20(16-27)23(12-18-8-4-3-5-9-18)28-11-7-6-10-22(19)28/h14,18-20,22-23H,3-13,15-16H2,1-2H3/t19-,20+,22+,23+/m1/s1. The fourth-order valence-electron chi connectivity index (χ4n) is 7.04. The van der Waals surface area contributed by atoms with Crippen LogP contribution in [0.2, 0.25) is 0 Å². The number of aromatic nitrogens is 2. The molecule has 0 N–H and O–H groups in total. The third kappa shape index (κ3) is 3.64. The highest BCUT2D eigenvalue weighted by Crippen LogP contribution is 2.44. The lowest BCUT2D eigenvalue weighted by molar-refractivity contribution is -0.0725. The highest BCUT2D eigenvalue weighted by Gasteiger charge is 2.48. The van der Waals surface area contributed by atoms with Crippen LogP contribution in [-0.4, -0.2) is 57.2 Å². The molecule has 4 fully saturated rings. The molecule has 5 heteroatoms. The minimum Gasteiger partial charge on any atom is -0.338 e. The lowest BCUT2D eigenvalue weighted by Crippen LogP contribution is -2.64. The molecule has 1 aromatic heterocycles. The molecule has 0 spiro atoms. The van der Waals surface area contributed by atoms with Crippen molar-refractivity contribution in [1.29, 1.82) is 0 Å². The van der Waals surface area contributed by atoms with Crippen molar-refractivity contribution in [3.63, 3.8) is 0 Å². The van der Waals surface area contributed by atoms with E-state index < -0.39 is 0 Å². The molecule has 1 saturated carbocycles. The molecule has 3 saturated heterocycles. The quantitative estimate of drug-likeness (QED) is 0.772. The first-order chi connectivity index (χ1) is 14.1. The minimum absolute atomic E-state index is 0.214. The second kappa shape index (κ2) is 8.05. The molecule has 0 unspecified atom stereocenters. The second-order valence-corrected chi connectivity index (χ2v) is 10.3. The highest BCUT2D eigenvalue weighted by atomic mass is 16.2. The largest absolute Gasteiger partial charge is 0.338 e. The van der Waals surface area contributed by atoms with Crippen LogP contribution in [0.4, 0.5) is 0 Å². The molecule has 1 aromatic rings. The van der Waals surface area contributed by atoms with Gasteiger partial charge in [0.05, 0.1) is 11.8 Å². The summed E-state index contributed by atoms with van der Waals surface area (Å²) in [7, 11) is 1.93. The number of amides is 1. The molecular weight excluding hydrogens is 360 g/mol. The first-order valence-corrected chi connectivity index (χ1v) is 12.2. The van der Waals surface area contributed by atoms with E-state index in [1.54, 1.807) is 6.20 Å². The van der Waals surface area contributed by atoms with E-state index in [1.807, 2.05) is 18.7 Å². The number of nitrogens with zero attached hydrogens (tertiary/aromatic N) is 4. The number of aryl methyl sites for hydroxylation is 1. The van der Waals surface area contributed by atoms with Crippen LogP contribution in [-0.2, 0) is 7.05 Å². The third-order valence-electron chi connectivity index (χ3n) is 8.67. The molecule has 3 aliphatic heterocycles. The summed E-state index contributed by atoms with van der Waals surface area (Å²) in [6.45, 7) is 5.20. The summed E-state index contributed by atoms with van der Waals surface area (Å²) in [5.74, 6) is 2.45. The predicted octanol–water partition coefficient (Wildman–Crippen LogP) is 4.01. The Labute approximate surface area is 175 Å². The molecule has 29 heavy (non-hydrogen) atoms. The zero-order valence-corrected chi connectivity index (χ0v) is 18.4. The molecule has 5 nitrogen and oxygen atoms in total. The van der Waals surface area contributed by atoms with Crippen LogP contribution >= 0.6 is 0 Å². The average molecular weight is 399 g/mol. The van der Waals surface area contributed by atoms with E-state index in [-0.39, 0.29) is 5.91 Å². The molecule has 4 atom stereocenters. The molecule has 2 bridgehead atoms. The van der Waals surface area contributed by atoms with Crippen molar-refractivity contribution in [2.24, 2.45) is 24.8 Å². The van der Waals surface area contributed by atoms with E-state index in [0.29, 0.717) is 23.9 Å². The van der Waals surface area contributed by atoms with Gasteiger partial charge < -0.3 is 4.90 Å². The predicted molar refractivity (Wildman–Crippen MR) is 115 cm³/mol. The van der Waals surface area contributed by atoms with Gasteiger partial charge in [-0.15, -0.1) is 0 Å². The number of hydrogen-bond acceptors (Lipinski definition) is 3. The Hall–Kier alpha value is -1.36. The summed E-state index contributed by atoms with van der Waals surface area (Å²) in [5.41, 5.74) is 1.79. The van der Waals surface area contributed by atoms with E-state index in [0.717, 1.165) is 30.3 Å². The van der Waals surface area contributed by atoms with Crippen LogP contribution in [0.1, 0.15) is 80.3 Å². The lowest BCUT2D eigenvalue weighted by atomic mass is 9.69. The van der Waals surface area contributed by atoms with Crippen LogP contribution in [0.3, 0.4) is 0 Å². The Morgan fingerprint density at radius 1 is 1.07 bits per heavy atom. The second-order valence-electron chi connectivity index (χ2n) is 10.3. The van der Waals surface area contributed by atoms with Gasteiger partial charge in [0.25, 0.3) is 5.91 Å². The third-order valence-corrected chi connectivity index (χ3v) is 8.67. The fraction of sp³-hybridized carbons (Fsp3) is 0.833. The maximum Gasteiger partial charge on any atom is 0.257 e. The number of likely N-dealkylation sites (tertiary alicyclic amines) is 1. The maximum absolute atomic E-state index is 13.4. The number of fused-ring (bicyclic) bond motifs is 4. The van der Waals surface area contributed by atoms with Gasteiger partial charge in [0.2, 0.25) is 0 Å². The summed E-state index contributed by atoms with van der Waals surface area (Å²) in [4.78, 5) is 18.5. The number of carbonyl (C=O) groups excluding carboxylic acids is 1. The van der Waals surface area contributed by atoms with E-state index in [4.69, 9.17) is 0 Å². The number of piperidine rings is 3. The van der Waals surface area contributed by atoms with Crippen molar-refractivity contribution in [3.8, 4) is 0 Å². The van der Waals surface area contributed by atoms with Gasteiger partial charge in [0.1, 0.15) is 0 Å². The van der Waals surface area contributed by atoms with E-state index >= 15 is 0 Å². The Morgan fingerprint density at radius 2 is 1.83 bits per heavy atom. The van der Waals surface area contributed by atoms with Crippen LogP contribution in [0.15, 0.2) is 6.20 Å². The summed E-state index contributed by atoms with van der Waals surface area (Å²) in [5, 5.41) is 4.32. The van der Waals surface area contributed by atoms with E-state index in [9.17, 15) is 4.79 Å². The van der Waals surface area contributed by atoms with E-state index in [1.165, 1.54) is 70.8 Å². The van der Waals surface area contributed by atoms with Crippen molar-refractivity contribution in [3.05, 3.63) is 17.5 Å². The van der Waals surface area contributed by atoms with Gasteiger partial charge in [0, 0.05) is 37.9 Å². The molecule has 0 radical (unpaired) electrons. The fourth-order valence-corrected chi connectivity index (χ4v) is 7.04. The van der Waals surface area contributed by atoms with Gasteiger partial charge in [0.15, 0.2) is 0 Å². The highest BCUT2D eigenvalue weighted by molar-refractivity contribution is 5.95. The SMILES string of the molecule is Cc1c(C(=O)N2C[C@H]3C[C@@H](C2)[C@H](CC2CCCCC2)N2CCCC[C@@H]32)cnn1C. The Balaban J connectivity index is 1.37. The van der Waals surface area contributed by atoms with Gasteiger partial charge in [-0.1, -0.05) is 38.5 Å². The zero-order chi connectivity index (χ0) is 20.0. The van der Waals surface area contributed by atoms with Crippen molar-refractivity contribution in [2.45, 2.75) is 83.2 Å². The molecule has 160 valence electrons. The summed E-state index contributed by atoms with van der Waals surface area (Å²) in [6.07, 6.45) is 15.7. The summed E-state index contributed by atoms with van der Waals surface area (Å²) in [6, 6.07) is 1.41. The van der Waals surface area contributed by atoms with Gasteiger partial charge in [-0.2, -0.15) is 5.10 Å². The van der Waals surface area contributed by atoms with Gasteiger partial charge >= 0.3 is 0 Å². The summed E-state index contributed by atoms with van der Waals surface area (Å²) < 4.78 is 1.83. The van der Waals surface area contributed by atoms with E-state index in [2.05, 4.69) is 14.9 Å². The molecule has 1 amide bonds. The van der Waals surface area contributed by atoms with Gasteiger partial charge in [-0.05, 0) is 56.9 Å². The molecule has 5 rings (SSSR count). The Bertz CT molecular complexity index is 737. The number of rotatable bonds is 3. The Morgan fingerprint density at radius 3 is 2.59 bits per heavy atom. The molecule has 0 aromatic carbocycles. The Kier molecular flexibility index (Phi) is 5.44. The van der Waals surface area contributed by atoms with Crippen LogP contribution < -0.4 is 0 Å². The molecular formula is C24H38N4O. The topological polar surface area (TPSA) is 41.4 Å². The first-order valence-electron chi connectivity index (χ1n) is 12.2. The maximum atomic E-state index is 13.4. The monoisotopic (exact) mass is 398 g/mol. The average Bonchev–Trinajstić information content (AvgIpc) is 3.09. The number of hydrogen-bond donors (Lipinski definition) is 0. The molecule has 4 heterocycles. The van der Waals surface area contributed by atoms with Gasteiger partial charge in [-0.3, -0.25) is 14.4 Å². The van der Waals surface area contributed by atoms with Crippen LogP contribution in [0, 0.1) is 24.7 Å². The molecule has 4 aliphatic rings. The smallest absolute Gasteiger partial charge is 0.257 e. The summed E-state index contributed by atoms with van der Waals surface area (Å²) >= 11 is 0. The van der Waals surface area contributed by atoms with Crippen molar-refractivity contribution in [1.82, 2.24) is 19.6 Å². The number of carbonyl (C=O) groups is 1. The zero-order valence-electron chi connectivity index (χ0n) is 18.4. The lowest BCUT2D eigenvalue weighted by Gasteiger charge is -2.57. The van der Waals surface area contributed by atoms with Crippen molar-refractivity contribution < 1.29 is 4.79 Å². The normalized spacial score (nSPS) is 33.5. The first kappa shape index (κ1) is 19.6. The molecule has 1 aliphatic carbocycles. The minimum atomic E-state index is 0.214. The van der Waals surface area contributed by atoms with Crippen molar-refractivity contribution >= 4 is 5.91 Å². The van der Waals surface area contributed by atoms with Crippen LogP contribution in [0.5, 0.6) is 0 Å². The van der Waals surface area contributed by atoms with Gasteiger partial charge in [-0.25, -0.2) is 0 Å².